The summed E-state index contributed by atoms with van der Waals surface area (Å²) in [4.78, 5) is 15.5. The van der Waals surface area contributed by atoms with E-state index in [1.807, 2.05) is 0 Å². The number of nitrogens with zero attached hydrogens (tertiary/aromatic N) is 1. The zero-order valence-corrected chi connectivity index (χ0v) is 16.5. The molecule has 0 aromatic carbocycles. The number of likely N-dealkylation sites (tertiary alicyclic amines) is 1. The van der Waals surface area contributed by atoms with Crippen molar-refractivity contribution in [1.29, 1.82) is 0 Å². The highest BCUT2D eigenvalue weighted by atomic mass is 35.5. The molecule has 0 radical (unpaired) electrons. The van der Waals surface area contributed by atoms with Gasteiger partial charge in [-0.3, -0.25) is 9.69 Å². The Balaban J connectivity index is 0.00000182. The summed E-state index contributed by atoms with van der Waals surface area (Å²) < 4.78 is 0. The fraction of sp³-hybridized carbons (Fsp3) is 0.950. The third-order valence-electron chi connectivity index (χ3n) is 7.51. The summed E-state index contributed by atoms with van der Waals surface area (Å²) in [6.07, 6.45) is 14.2. The summed E-state index contributed by atoms with van der Waals surface area (Å²) in [5, 5.41) is 6.86. The van der Waals surface area contributed by atoms with Crippen LogP contribution >= 0.6 is 12.4 Å². The Kier molecular flexibility index (Phi) is 6.33. The van der Waals surface area contributed by atoms with Crippen molar-refractivity contribution in [2.45, 2.75) is 76.2 Å². The minimum Gasteiger partial charge on any atom is -0.354 e. The predicted octanol–water partition coefficient (Wildman–Crippen LogP) is 3.10. The highest BCUT2D eigenvalue weighted by Gasteiger charge is 2.57. The molecule has 1 atom stereocenters. The van der Waals surface area contributed by atoms with Gasteiger partial charge in [-0.25, -0.2) is 0 Å². The fourth-order valence-electron chi connectivity index (χ4n) is 5.75. The molecule has 0 bridgehead atoms. The van der Waals surface area contributed by atoms with Crippen molar-refractivity contribution < 1.29 is 4.79 Å². The van der Waals surface area contributed by atoms with E-state index in [1.165, 1.54) is 77.3 Å². The lowest BCUT2D eigenvalue weighted by atomic mass is 9.79. The van der Waals surface area contributed by atoms with Crippen LogP contribution in [0.1, 0.15) is 70.6 Å². The summed E-state index contributed by atoms with van der Waals surface area (Å²) in [6.45, 7) is 5.59. The number of halogens is 1. The zero-order chi connectivity index (χ0) is 16.5. The van der Waals surface area contributed by atoms with Gasteiger partial charge in [0.05, 0.1) is 0 Å². The Morgan fingerprint density at radius 1 is 0.960 bits per heavy atom. The molecule has 2 aliphatic carbocycles. The van der Waals surface area contributed by atoms with Crippen LogP contribution < -0.4 is 10.6 Å². The predicted molar refractivity (Wildman–Crippen MR) is 104 cm³/mol. The van der Waals surface area contributed by atoms with Gasteiger partial charge < -0.3 is 10.6 Å². The zero-order valence-electron chi connectivity index (χ0n) is 15.7. The minimum absolute atomic E-state index is 0. The third-order valence-corrected chi connectivity index (χ3v) is 7.51. The molecule has 2 aliphatic heterocycles. The largest absolute Gasteiger partial charge is 0.354 e. The van der Waals surface area contributed by atoms with Gasteiger partial charge in [-0.15, -0.1) is 12.4 Å². The van der Waals surface area contributed by atoms with Gasteiger partial charge in [0.25, 0.3) is 0 Å². The van der Waals surface area contributed by atoms with Crippen LogP contribution in [0.2, 0.25) is 0 Å². The summed E-state index contributed by atoms with van der Waals surface area (Å²) in [6, 6.07) is 0. The van der Waals surface area contributed by atoms with Crippen LogP contribution in [0.15, 0.2) is 0 Å². The first kappa shape index (κ1) is 19.4. The van der Waals surface area contributed by atoms with E-state index >= 15 is 0 Å². The van der Waals surface area contributed by atoms with E-state index in [9.17, 15) is 4.79 Å². The van der Waals surface area contributed by atoms with Crippen molar-refractivity contribution in [3.8, 4) is 0 Å². The summed E-state index contributed by atoms with van der Waals surface area (Å²) in [5.41, 5.74) is 0.630. The van der Waals surface area contributed by atoms with E-state index in [0.717, 1.165) is 26.1 Å². The lowest BCUT2D eigenvalue weighted by molar-refractivity contribution is -0.124. The number of carbonyl (C=O) groups is 1. The Hall–Kier alpha value is -0.320. The average Bonchev–Trinajstić information content (AvgIpc) is 3.35. The van der Waals surface area contributed by atoms with Gasteiger partial charge >= 0.3 is 0 Å². The van der Waals surface area contributed by atoms with Crippen LogP contribution in [0, 0.1) is 11.3 Å². The van der Waals surface area contributed by atoms with Crippen LogP contribution in [0.4, 0.5) is 0 Å². The van der Waals surface area contributed by atoms with E-state index in [-0.39, 0.29) is 17.9 Å². The van der Waals surface area contributed by atoms with Crippen LogP contribution in [-0.4, -0.2) is 49.1 Å². The Bertz CT molecular complexity index is 452. The average molecular weight is 370 g/mol. The molecule has 4 rings (SSSR count). The molecule has 5 heteroatoms. The first-order valence-corrected chi connectivity index (χ1v) is 10.5. The van der Waals surface area contributed by atoms with E-state index in [0.29, 0.717) is 17.2 Å². The van der Waals surface area contributed by atoms with Crippen LogP contribution in [0.25, 0.3) is 0 Å². The number of hydrogen-bond acceptors (Lipinski definition) is 3. The van der Waals surface area contributed by atoms with Gasteiger partial charge in [0, 0.05) is 18.0 Å². The molecule has 4 fully saturated rings. The molecule has 1 amide bonds. The maximum atomic E-state index is 12.8. The van der Waals surface area contributed by atoms with Gasteiger partial charge in [0.1, 0.15) is 0 Å². The molecule has 1 spiro atoms. The van der Waals surface area contributed by atoms with E-state index < -0.39 is 0 Å². The lowest BCUT2D eigenvalue weighted by Crippen LogP contribution is -2.58. The molecule has 4 nitrogen and oxygen atoms in total. The molecule has 2 heterocycles. The molecule has 0 aromatic heterocycles. The van der Waals surface area contributed by atoms with Crippen molar-refractivity contribution in [1.82, 2.24) is 15.5 Å². The fourth-order valence-corrected chi connectivity index (χ4v) is 5.75. The van der Waals surface area contributed by atoms with Crippen molar-refractivity contribution in [2.75, 3.05) is 32.7 Å². The minimum atomic E-state index is 0. The number of hydrogen-bond donors (Lipinski definition) is 2. The molecule has 144 valence electrons. The molecule has 25 heavy (non-hydrogen) atoms. The standard InChI is InChI=1S/C20H35N3O.ClH/c24-18(17-15-19(17)9-11-21-12-10-19)22-16-20(7-3-1-4-8-20)23-13-5-2-6-14-23;/h17,21H,1-16H2,(H,22,24);1H. The van der Waals surface area contributed by atoms with Crippen LogP contribution in [0.3, 0.4) is 0 Å². The van der Waals surface area contributed by atoms with Crippen molar-refractivity contribution in [2.24, 2.45) is 11.3 Å². The maximum Gasteiger partial charge on any atom is 0.223 e. The first-order valence-electron chi connectivity index (χ1n) is 10.5. The highest BCUT2D eigenvalue weighted by Crippen LogP contribution is 2.58. The van der Waals surface area contributed by atoms with Gasteiger partial charge in [-0.05, 0) is 76.5 Å². The number of carbonyl (C=O) groups excluding carboxylic acids is 1. The van der Waals surface area contributed by atoms with Gasteiger partial charge in [0.2, 0.25) is 5.91 Å². The number of amides is 1. The van der Waals surface area contributed by atoms with E-state index in [2.05, 4.69) is 15.5 Å². The smallest absolute Gasteiger partial charge is 0.223 e. The molecule has 2 saturated heterocycles. The van der Waals surface area contributed by atoms with Gasteiger partial charge in [-0.1, -0.05) is 25.7 Å². The normalized spacial score (nSPS) is 31.1. The molecule has 1 unspecified atom stereocenters. The van der Waals surface area contributed by atoms with E-state index in [1.54, 1.807) is 0 Å². The SMILES string of the molecule is Cl.O=C(NCC1(N2CCCCC2)CCCCC1)C1CC12CCNCC2. The first-order chi connectivity index (χ1) is 11.7. The maximum absolute atomic E-state index is 12.8. The summed E-state index contributed by atoms with van der Waals surface area (Å²) in [7, 11) is 0. The summed E-state index contributed by atoms with van der Waals surface area (Å²) >= 11 is 0. The number of rotatable bonds is 4. The molecular formula is C20H36ClN3O. The van der Waals surface area contributed by atoms with Gasteiger partial charge in [-0.2, -0.15) is 0 Å². The molecule has 0 aromatic rings. The topological polar surface area (TPSA) is 44.4 Å². The van der Waals surface area contributed by atoms with Crippen molar-refractivity contribution in [3.63, 3.8) is 0 Å². The Morgan fingerprint density at radius 2 is 1.60 bits per heavy atom. The third kappa shape index (κ3) is 4.01. The van der Waals surface area contributed by atoms with Crippen LogP contribution in [-0.2, 0) is 4.79 Å². The molecule has 4 aliphatic rings. The van der Waals surface area contributed by atoms with E-state index in [4.69, 9.17) is 0 Å². The van der Waals surface area contributed by atoms with Gasteiger partial charge in [0.15, 0.2) is 0 Å². The monoisotopic (exact) mass is 369 g/mol. The Morgan fingerprint density at radius 3 is 2.28 bits per heavy atom. The highest BCUT2D eigenvalue weighted by molar-refractivity contribution is 5.85. The summed E-state index contributed by atoms with van der Waals surface area (Å²) in [5.74, 6) is 0.667. The number of nitrogens with one attached hydrogen (secondary N) is 2. The molecule has 2 N–H and O–H groups in total. The van der Waals surface area contributed by atoms with Crippen molar-refractivity contribution in [3.05, 3.63) is 0 Å². The number of piperidine rings is 2. The second-order valence-electron chi connectivity index (χ2n) is 8.92. The Labute approximate surface area is 159 Å². The van der Waals surface area contributed by atoms with Crippen LogP contribution in [0.5, 0.6) is 0 Å². The second-order valence-corrected chi connectivity index (χ2v) is 8.92. The molecular weight excluding hydrogens is 334 g/mol. The lowest BCUT2D eigenvalue weighted by Gasteiger charge is -2.48. The van der Waals surface area contributed by atoms with Crippen molar-refractivity contribution >= 4 is 18.3 Å². The quantitative estimate of drug-likeness (QED) is 0.800. The molecule has 2 saturated carbocycles. The second kappa shape index (κ2) is 8.14.